The monoisotopic (exact) mass is 408 g/mol. The summed E-state index contributed by atoms with van der Waals surface area (Å²) in [5.41, 5.74) is 8.69. The third-order valence-corrected chi connectivity index (χ3v) is 6.16. The lowest BCUT2D eigenvalue weighted by Crippen LogP contribution is -2.44. The molecule has 3 aromatic heterocycles. The summed E-state index contributed by atoms with van der Waals surface area (Å²) in [6.07, 6.45) is 6.13. The van der Waals surface area contributed by atoms with Gasteiger partial charge in [-0.1, -0.05) is 0 Å². The van der Waals surface area contributed by atoms with Crippen molar-refractivity contribution in [3.8, 4) is 11.4 Å². The Bertz CT molecular complexity index is 1060. The van der Waals surface area contributed by atoms with Crippen LogP contribution in [-0.4, -0.2) is 59.7 Å². The van der Waals surface area contributed by atoms with Crippen molar-refractivity contribution in [2.24, 2.45) is 0 Å². The fourth-order valence-electron chi connectivity index (χ4n) is 4.67. The number of morpholine rings is 1. The molecule has 2 fully saturated rings. The van der Waals surface area contributed by atoms with Crippen LogP contribution in [0.15, 0.2) is 12.4 Å². The van der Waals surface area contributed by atoms with E-state index in [-0.39, 0.29) is 12.1 Å². The third kappa shape index (κ3) is 3.22. The highest BCUT2D eigenvalue weighted by Crippen LogP contribution is 2.33. The molecule has 5 rings (SSSR count). The molecule has 9 nitrogen and oxygen atoms in total. The third-order valence-electron chi connectivity index (χ3n) is 6.16. The number of hydrogen-bond donors (Lipinski definition) is 1. The van der Waals surface area contributed by atoms with Gasteiger partial charge in [-0.25, -0.2) is 24.9 Å². The number of fused-ring (bicyclic) bond motifs is 3. The van der Waals surface area contributed by atoms with Crippen LogP contribution in [0.1, 0.15) is 57.3 Å². The number of likely N-dealkylation sites (tertiary alicyclic amines) is 1. The standard InChI is InChI=1S/C21H28N8O/c1-11(2)29-13(4)25-19-18(16-7-24-17(22)8-23-16)26-20(27-21(19)29)12(3)28-9-14-5-6-15(10-28)30-14/h7-8,11-12,14-15H,5-6,9-10H2,1-4H3,(H2,22,24)/t12-,14?,15?/m1/s1. The second-order valence-corrected chi connectivity index (χ2v) is 8.64. The summed E-state index contributed by atoms with van der Waals surface area (Å²) in [7, 11) is 0. The Morgan fingerprint density at radius 2 is 1.77 bits per heavy atom. The van der Waals surface area contributed by atoms with Crippen molar-refractivity contribution < 1.29 is 4.74 Å². The minimum absolute atomic E-state index is 0.0673. The summed E-state index contributed by atoms with van der Waals surface area (Å²) < 4.78 is 8.17. The Morgan fingerprint density at radius 3 is 2.40 bits per heavy atom. The van der Waals surface area contributed by atoms with Gasteiger partial charge in [0.05, 0.1) is 30.6 Å². The molecule has 0 amide bonds. The summed E-state index contributed by atoms with van der Waals surface area (Å²) in [5, 5.41) is 0. The molecular formula is C21H28N8O. The maximum atomic E-state index is 6.02. The number of nitrogen functional groups attached to an aromatic ring is 1. The van der Waals surface area contributed by atoms with Crippen molar-refractivity contribution in [3.05, 3.63) is 24.0 Å². The quantitative estimate of drug-likeness (QED) is 0.702. The Kier molecular flexibility index (Phi) is 4.67. The van der Waals surface area contributed by atoms with E-state index >= 15 is 0 Å². The number of rotatable bonds is 4. The molecule has 2 N–H and O–H groups in total. The number of ether oxygens (including phenoxy) is 1. The summed E-state index contributed by atoms with van der Waals surface area (Å²) in [6.45, 7) is 10.3. The SMILES string of the molecule is Cc1nc2c(-c3cnc(N)cn3)nc([C@@H](C)N3CC4CCC(C3)O4)nc2n1C(C)C. The number of hydrogen-bond acceptors (Lipinski definition) is 8. The van der Waals surface area contributed by atoms with Crippen molar-refractivity contribution in [1.82, 2.24) is 34.4 Å². The molecule has 0 aromatic carbocycles. The van der Waals surface area contributed by atoms with Crippen LogP contribution in [0.4, 0.5) is 5.82 Å². The molecule has 5 heterocycles. The van der Waals surface area contributed by atoms with Gasteiger partial charge < -0.3 is 15.0 Å². The van der Waals surface area contributed by atoms with Gasteiger partial charge >= 0.3 is 0 Å². The molecule has 9 heteroatoms. The molecule has 30 heavy (non-hydrogen) atoms. The van der Waals surface area contributed by atoms with Gasteiger partial charge in [0.25, 0.3) is 0 Å². The molecule has 158 valence electrons. The first-order valence-electron chi connectivity index (χ1n) is 10.6. The highest BCUT2D eigenvalue weighted by Gasteiger charge is 2.36. The predicted octanol–water partition coefficient (Wildman–Crippen LogP) is 2.68. The van der Waals surface area contributed by atoms with Crippen LogP contribution in [0, 0.1) is 6.92 Å². The van der Waals surface area contributed by atoms with Crippen molar-refractivity contribution in [2.45, 2.75) is 64.8 Å². The molecular weight excluding hydrogens is 380 g/mol. The molecule has 2 unspecified atom stereocenters. The normalized spacial score (nSPS) is 22.8. The smallest absolute Gasteiger partial charge is 0.164 e. The van der Waals surface area contributed by atoms with Crippen molar-refractivity contribution in [2.75, 3.05) is 18.8 Å². The Labute approximate surface area is 175 Å². The summed E-state index contributed by atoms with van der Waals surface area (Å²) in [4.78, 5) is 25.9. The molecule has 3 aromatic rings. The average Bonchev–Trinajstić information content (AvgIpc) is 3.24. The zero-order valence-corrected chi connectivity index (χ0v) is 17.9. The molecule has 2 aliphatic rings. The fraction of sp³-hybridized carbons (Fsp3) is 0.571. The number of nitrogens with two attached hydrogens (primary N) is 1. The minimum Gasteiger partial charge on any atom is -0.382 e. The summed E-state index contributed by atoms with van der Waals surface area (Å²) >= 11 is 0. The topological polar surface area (TPSA) is 108 Å². The molecule has 2 aliphatic heterocycles. The minimum atomic E-state index is 0.0673. The van der Waals surface area contributed by atoms with Gasteiger partial charge in [-0.05, 0) is 40.5 Å². The van der Waals surface area contributed by atoms with Gasteiger partial charge in [0, 0.05) is 19.1 Å². The van der Waals surface area contributed by atoms with Crippen LogP contribution in [0.2, 0.25) is 0 Å². The number of imidazole rings is 1. The molecule has 2 bridgehead atoms. The van der Waals surface area contributed by atoms with E-state index < -0.39 is 0 Å². The van der Waals surface area contributed by atoms with E-state index in [0.717, 1.165) is 48.7 Å². The molecule has 0 radical (unpaired) electrons. The zero-order chi connectivity index (χ0) is 21.0. The first-order chi connectivity index (χ1) is 14.4. The first-order valence-corrected chi connectivity index (χ1v) is 10.6. The van der Waals surface area contributed by atoms with E-state index in [1.54, 1.807) is 12.4 Å². The summed E-state index contributed by atoms with van der Waals surface area (Å²) in [6, 6.07) is 0.301. The van der Waals surface area contributed by atoms with Crippen LogP contribution < -0.4 is 5.73 Å². The molecule has 0 spiro atoms. The zero-order valence-electron chi connectivity index (χ0n) is 17.9. The van der Waals surface area contributed by atoms with Gasteiger partial charge in [0.1, 0.15) is 34.4 Å². The maximum Gasteiger partial charge on any atom is 0.164 e. The van der Waals surface area contributed by atoms with Gasteiger partial charge in [0.15, 0.2) is 5.65 Å². The molecule has 0 aliphatic carbocycles. The van der Waals surface area contributed by atoms with Crippen LogP contribution in [0.5, 0.6) is 0 Å². The van der Waals surface area contributed by atoms with Gasteiger partial charge in [-0.2, -0.15) is 0 Å². The van der Waals surface area contributed by atoms with E-state index in [0.29, 0.717) is 29.4 Å². The Balaban J connectivity index is 1.64. The average molecular weight is 409 g/mol. The number of nitrogens with zero attached hydrogens (tertiary/aromatic N) is 7. The molecule has 2 saturated heterocycles. The highest BCUT2D eigenvalue weighted by molar-refractivity contribution is 5.86. The first kappa shape index (κ1) is 19.3. The fourth-order valence-corrected chi connectivity index (χ4v) is 4.67. The van der Waals surface area contributed by atoms with Gasteiger partial charge in [0.2, 0.25) is 0 Å². The lowest BCUT2D eigenvalue weighted by Gasteiger charge is -2.35. The van der Waals surface area contributed by atoms with Crippen molar-refractivity contribution >= 4 is 17.0 Å². The van der Waals surface area contributed by atoms with Gasteiger partial charge in [-0.3, -0.25) is 4.90 Å². The van der Waals surface area contributed by atoms with Crippen LogP contribution in [-0.2, 0) is 4.74 Å². The lowest BCUT2D eigenvalue weighted by molar-refractivity contribution is -0.0519. The molecule has 3 atom stereocenters. The lowest BCUT2D eigenvalue weighted by atomic mass is 10.2. The van der Waals surface area contributed by atoms with E-state index in [1.165, 1.54) is 0 Å². The van der Waals surface area contributed by atoms with Crippen LogP contribution in [0.3, 0.4) is 0 Å². The predicted molar refractivity (Wildman–Crippen MR) is 114 cm³/mol. The number of aryl methyl sites for hydroxylation is 1. The van der Waals surface area contributed by atoms with Crippen molar-refractivity contribution in [1.29, 1.82) is 0 Å². The van der Waals surface area contributed by atoms with Crippen LogP contribution >= 0.6 is 0 Å². The summed E-state index contributed by atoms with van der Waals surface area (Å²) in [5.74, 6) is 2.07. The Hall–Kier alpha value is -2.65. The van der Waals surface area contributed by atoms with Crippen molar-refractivity contribution in [3.63, 3.8) is 0 Å². The molecule has 0 saturated carbocycles. The maximum absolute atomic E-state index is 6.02. The van der Waals surface area contributed by atoms with E-state index in [4.69, 9.17) is 25.4 Å². The van der Waals surface area contributed by atoms with Gasteiger partial charge in [-0.15, -0.1) is 0 Å². The largest absolute Gasteiger partial charge is 0.382 e. The van der Waals surface area contributed by atoms with E-state index in [1.807, 2.05) is 6.92 Å². The number of aromatic nitrogens is 6. The van der Waals surface area contributed by atoms with Crippen LogP contribution in [0.25, 0.3) is 22.6 Å². The van der Waals surface area contributed by atoms with E-state index in [2.05, 4.69) is 40.2 Å². The van der Waals surface area contributed by atoms with E-state index in [9.17, 15) is 0 Å². The Morgan fingerprint density at radius 1 is 1.03 bits per heavy atom. The highest BCUT2D eigenvalue weighted by atomic mass is 16.5. The second-order valence-electron chi connectivity index (χ2n) is 8.64. The second kappa shape index (κ2) is 7.24. The number of anilines is 1.